The van der Waals surface area contributed by atoms with Gasteiger partial charge in [0.1, 0.15) is 5.69 Å². The fraction of sp³-hybridized carbons (Fsp3) is 0.400. The van der Waals surface area contributed by atoms with Crippen LogP contribution in [-0.2, 0) is 0 Å². The summed E-state index contributed by atoms with van der Waals surface area (Å²) < 4.78 is 0. The van der Waals surface area contributed by atoms with E-state index in [2.05, 4.69) is 15.3 Å². The van der Waals surface area contributed by atoms with Crippen molar-refractivity contribution in [1.29, 1.82) is 0 Å². The van der Waals surface area contributed by atoms with Gasteiger partial charge in [-0.05, 0) is 31.5 Å². The van der Waals surface area contributed by atoms with Crippen molar-refractivity contribution in [2.45, 2.75) is 18.9 Å². The van der Waals surface area contributed by atoms with Crippen LogP contribution in [0.15, 0.2) is 30.5 Å². The Labute approximate surface area is 118 Å². The largest absolute Gasteiger partial charge is 0.336 e. The van der Waals surface area contributed by atoms with Gasteiger partial charge in [0, 0.05) is 19.6 Å². The molecule has 1 N–H and O–H groups in total. The molecule has 0 spiro atoms. The zero-order valence-corrected chi connectivity index (χ0v) is 11.5. The minimum absolute atomic E-state index is 0.0584. The normalized spacial score (nSPS) is 18.9. The number of hydrogen-bond donors (Lipinski definition) is 1. The molecule has 0 bridgehead atoms. The van der Waals surface area contributed by atoms with E-state index in [1.807, 2.05) is 31.3 Å². The topological polar surface area (TPSA) is 58.1 Å². The highest BCUT2D eigenvalue weighted by Gasteiger charge is 2.23. The molecule has 0 aliphatic carbocycles. The summed E-state index contributed by atoms with van der Waals surface area (Å²) in [6.45, 7) is 1.89. The van der Waals surface area contributed by atoms with E-state index in [9.17, 15) is 4.79 Å². The number of carbonyl (C=O) groups is 1. The third kappa shape index (κ3) is 2.49. The van der Waals surface area contributed by atoms with Crippen LogP contribution < -0.4 is 5.32 Å². The monoisotopic (exact) mass is 270 g/mol. The number of para-hydroxylation sites is 2. The molecule has 5 nitrogen and oxygen atoms in total. The summed E-state index contributed by atoms with van der Waals surface area (Å²) in [4.78, 5) is 23.0. The zero-order chi connectivity index (χ0) is 13.9. The van der Waals surface area contributed by atoms with Crippen LogP contribution in [0.4, 0.5) is 0 Å². The van der Waals surface area contributed by atoms with Crippen molar-refractivity contribution in [1.82, 2.24) is 20.2 Å². The standard InChI is InChI=1S/C15H18N4O/c1-19(11-5-4-8-16-9-11)15(20)14-10-17-12-6-2-3-7-13(12)18-14/h2-3,6-7,10-11,16H,4-5,8-9H2,1H3. The molecule has 3 rings (SSSR count). The van der Waals surface area contributed by atoms with Gasteiger partial charge in [0.05, 0.1) is 17.2 Å². The van der Waals surface area contributed by atoms with E-state index >= 15 is 0 Å². The van der Waals surface area contributed by atoms with Crippen LogP contribution >= 0.6 is 0 Å². The van der Waals surface area contributed by atoms with Gasteiger partial charge < -0.3 is 10.2 Å². The number of aromatic nitrogens is 2. The lowest BCUT2D eigenvalue weighted by Crippen LogP contribution is -2.46. The third-order valence-electron chi connectivity index (χ3n) is 3.81. The highest BCUT2D eigenvalue weighted by atomic mass is 16.2. The minimum Gasteiger partial charge on any atom is -0.336 e. The van der Waals surface area contributed by atoms with Gasteiger partial charge in [0.2, 0.25) is 0 Å². The predicted octanol–water partition coefficient (Wildman–Crippen LogP) is 1.45. The van der Waals surface area contributed by atoms with Crippen molar-refractivity contribution in [3.63, 3.8) is 0 Å². The molecule has 1 unspecified atom stereocenters. The fourth-order valence-corrected chi connectivity index (χ4v) is 2.57. The molecule has 1 amide bonds. The summed E-state index contributed by atoms with van der Waals surface area (Å²) in [6.07, 6.45) is 3.71. The highest BCUT2D eigenvalue weighted by Crippen LogP contribution is 2.13. The molecule has 5 heteroatoms. The summed E-state index contributed by atoms with van der Waals surface area (Å²) in [5.41, 5.74) is 1.98. The number of likely N-dealkylation sites (N-methyl/N-ethyl adjacent to an activating group) is 1. The molecular formula is C15H18N4O. The molecule has 1 saturated heterocycles. The zero-order valence-electron chi connectivity index (χ0n) is 11.5. The quantitative estimate of drug-likeness (QED) is 0.897. The Balaban J connectivity index is 1.83. The molecule has 1 aliphatic heterocycles. The van der Waals surface area contributed by atoms with Crippen molar-refractivity contribution >= 4 is 16.9 Å². The van der Waals surface area contributed by atoms with Crippen molar-refractivity contribution in [3.05, 3.63) is 36.2 Å². The van der Waals surface area contributed by atoms with Crippen LogP contribution in [0.25, 0.3) is 11.0 Å². The molecule has 1 fully saturated rings. The Hall–Kier alpha value is -2.01. The molecule has 1 aliphatic rings. The van der Waals surface area contributed by atoms with Gasteiger partial charge in [-0.15, -0.1) is 0 Å². The Bertz CT molecular complexity index is 622. The second-order valence-corrected chi connectivity index (χ2v) is 5.16. The first-order chi connectivity index (χ1) is 9.75. The van der Waals surface area contributed by atoms with Gasteiger partial charge in [0.25, 0.3) is 5.91 Å². The molecule has 0 radical (unpaired) electrons. The van der Waals surface area contributed by atoms with Crippen molar-refractivity contribution in [2.24, 2.45) is 0 Å². The van der Waals surface area contributed by atoms with Crippen LogP contribution in [0.2, 0.25) is 0 Å². The molecule has 2 heterocycles. The molecule has 0 saturated carbocycles. The summed E-state index contributed by atoms with van der Waals surface area (Å²) in [5, 5.41) is 3.32. The Kier molecular flexibility index (Phi) is 3.60. The number of fused-ring (bicyclic) bond motifs is 1. The van der Waals surface area contributed by atoms with Gasteiger partial charge in [-0.2, -0.15) is 0 Å². The van der Waals surface area contributed by atoms with Gasteiger partial charge in [-0.1, -0.05) is 12.1 Å². The summed E-state index contributed by atoms with van der Waals surface area (Å²) in [6, 6.07) is 7.83. The van der Waals surface area contributed by atoms with E-state index in [-0.39, 0.29) is 11.9 Å². The summed E-state index contributed by atoms with van der Waals surface area (Å²) in [7, 11) is 1.84. The number of carbonyl (C=O) groups excluding carboxylic acids is 1. The third-order valence-corrected chi connectivity index (χ3v) is 3.81. The highest BCUT2D eigenvalue weighted by molar-refractivity contribution is 5.93. The van der Waals surface area contributed by atoms with Crippen LogP contribution in [0.5, 0.6) is 0 Å². The van der Waals surface area contributed by atoms with Crippen LogP contribution in [-0.4, -0.2) is 47.0 Å². The maximum atomic E-state index is 12.5. The molecule has 1 atom stereocenters. The molecule has 1 aromatic heterocycles. The average Bonchev–Trinajstić information content (AvgIpc) is 2.54. The maximum absolute atomic E-state index is 12.5. The van der Waals surface area contributed by atoms with Gasteiger partial charge in [-0.3, -0.25) is 9.78 Å². The first-order valence-corrected chi connectivity index (χ1v) is 6.95. The number of hydrogen-bond acceptors (Lipinski definition) is 4. The Morgan fingerprint density at radius 2 is 2.15 bits per heavy atom. The van der Waals surface area contributed by atoms with E-state index < -0.39 is 0 Å². The van der Waals surface area contributed by atoms with E-state index in [4.69, 9.17) is 0 Å². The van der Waals surface area contributed by atoms with Gasteiger partial charge >= 0.3 is 0 Å². The number of benzene rings is 1. The summed E-state index contributed by atoms with van der Waals surface area (Å²) >= 11 is 0. The molecule has 2 aromatic rings. The number of nitrogens with one attached hydrogen (secondary N) is 1. The van der Waals surface area contributed by atoms with Crippen molar-refractivity contribution in [3.8, 4) is 0 Å². The van der Waals surface area contributed by atoms with Crippen LogP contribution in [0.3, 0.4) is 0 Å². The van der Waals surface area contributed by atoms with E-state index in [0.29, 0.717) is 5.69 Å². The molecule has 104 valence electrons. The van der Waals surface area contributed by atoms with Gasteiger partial charge in [-0.25, -0.2) is 4.98 Å². The van der Waals surface area contributed by atoms with Crippen LogP contribution in [0, 0.1) is 0 Å². The maximum Gasteiger partial charge on any atom is 0.274 e. The first kappa shape index (κ1) is 13.0. The lowest BCUT2D eigenvalue weighted by atomic mass is 10.1. The Morgan fingerprint density at radius 1 is 1.35 bits per heavy atom. The number of amides is 1. The number of piperidine rings is 1. The van der Waals surface area contributed by atoms with E-state index in [1.54, 1.807) is 11.1 Å². The number of rotatable bonds is 2. The van der Waals surface area contributed by atoms with Crippen LogP contribution in [0.1, 0.15) is 23.3 Å². The molecule has 20 heavy (non-hydrogen) atoms. The molecule has 1 aromatic carbocycles. The lowest BCUT2D eigenvalue weighted by Gasteiger charge is -2.31. The minimum atomic E-state index is -0.0584. The lowest BCUT2D eigenvalue weighted by molar-refractivity contribution is 0.0702. The SMILES string of the molecule is CN(C(=O)c1cnc2ccccc2n1)C1CCCNC1. The smallest absolute Gasteiger partial charge is 0.274 e. The average molecular weight is 270 g/mol. The van der Waals surface area contributed by atoms with Gasteiger partial charge in [0.15, 0.2) is 0 Å². The Morgan fingerprint density at radius 3 is 2.90 bits per heavy atom. The predicted molar refractivity (Wildman–Crippen MR) is 77.5 cm³/mol. The number of nitrogens with zero attached hydrogens (tertiary/aromatic N) is 3. The second kappa shape index (κ2) is 5.54. The molecular weight excluding hydrogens is 252 g/mol. The fourth-order valence-electron chi connectivity index (χ4n) is 2.57. The second-order valence-electron chi connectivity index (χ2n) is 5.16. The first-order valence-electron chi connectivity index (χ1n) is 6.95. The van der Waals surface area contributed by atoms with Crippen molar-refractivity contribution < 1.29 is 4.79 Å². The van der Waals surface area contributed by atoms with E-state index in [0.717, 1.165) is 37.0 Å². The van der Waals surface area contributed by atoms with E-state index in [1.165, 1.54) is 0 Å². The summed E-state index contributed by atoms with van der Waals surface area (Å²) in [5.74, 6) is -0.0584. The van der Waals surface area contributed by atoms with Crippen molar-refractivity contribution in [2.75, 3.05) is 20.1 Å².